The second-order valence-corrected chi connectivity index (χ2v) is 6.70. The third-order valence-electron chi connectivity index (χ3n) is 4.54. The Bertz CT molecular complexity index is 501. The van der Waals surface area contributed by atoms with E-state index in [1.54, 1.807) is 12.3 Å². The van der Waals surface area contributed by atoms with Gasteiger partial charge in [-0.15, -0.1) is 0 Å². The van der Waals surface area contributed by atoms with Crippen LogP contribution in [-0.4, -0.2) is 46.9 Å². The van der Waals surface area contributed by atoms with Gasteiger partial charge in [-0.2, -0.15) is 0 Å². The van der Waals surface area contributed by atoms with Crippen molar-refractivity contribution >= 4 is 23.2 Å². The van der Waals surface area contributed by atoms with Crippen LogP contribution in [0, 0.1) is 5.92 Å². The Hall–Kier alpha value is -0.390. The first-order valence-electron chi connectivity index (χ1n) is 7.45. The number of aliphatic hydroxyl groups is 1. The first-order chi connectivity index (χ1) is 10.1. The Kier molecular flexibility index (Phi) is 5.02. The lowest BCUT2D eigenvalue weighted by Crippen LogP contribution is -2.50. The summed E-state index contributed by atoms with van der Waals surface area (Å²) in [5.41, 5.74) is 0.834. The number of ether oxygens (including phenoxy) is 1. The molecule has 2 aliphatic rings. The van der Waals surface area contributed by atoms with E-state index < -0.39 is 0 Å². The maximum Gasteiger partial charge on any atom is 0.0731 e. The molecule has 116 valence electrons. The van der Waals surface area contributed by atoms with Crippen LogP contribution in [0.4, 0.5) is 0 Å². The highest BCUT2D eigenvalue weighted by atomic mass is 35.5. The van der Waals surface area contributed by atoms with Crippen molar-refractivity contribution in [3.63, 3.8) is 0 Å². The first kappa shape index (κ1) is 15.5. The van der Waals surface area contributed by atoms with Crippen molar-refractivity contribution in [2.75, 3.05) is 19.8 Å². The minimum Gasteiger partial charge on any atom is -0.393 e. The lowest BCUT2D eigenvalue weighted by atomic mass is 9.94. The van der Waals surface area contributed by atoms with E-state index in [1.165, 1.54) is 0 Å². The maximum absolute atomic E-state index is 10.2. The molecule has 1 saturated carbocycles. The van der Waals surface area contributed by atoms with Crippen molar-refractivity contribution in [3.05, 3.63) is 28.0 Å². The van der Waals surface area contributed by atoms with Crippen LogP contribution < -0.4 is 0 Å². The van der Waals surface area contributed by atoms with Crippen LogP contribution in [0.15, 0.2) is 12.3 Å². The van der Waals surface area contributed by atoms with Crippen LogP contribution in [0.2, 0.25) is 10.0 Å². The SMILES string of the molecule is O[C@@H]1CCC[C@H]1[C@H]1COCCN1Cc1ncc(Cl)cc1Cl. The zero-order valence-corrected chi connectivity index (χ0v) is 13.4. The lowest BCUT2D eigenvalue weighted by molar-refractivity contribution is -0.0540. The normalized spacial score (nSPS) is 30.7. The molecule has 0 unspecified atom stereocenters. The molecule has 1 saturated heterocycles. The van der Waals surface area contributed by atoms with Gasteiger partial charge in [0, 0.05) is 31.2 Å². The van der Waals surface area contributed by atoms with E-state index in [0.29, 0.717) is 29.8 Å². The van der Waals surface area contributed by atoms with Crippen LogP contribution in [0.25, 0.3) is 0 Å². The Balaban J connectivity index is 1.75. The number of halogens is 2. The van der Waals surface area contributed by atoms with E-state index in [-0.39, 0.29) is 18.1 Å². The summed E-state index contributed by atoms with van der Waals surface area (Å²) in [6.45, 7) is 2.90. The maximum atomic E-state index is 10.2. The molecule has 0 spiro atoms. The summed E-state index contributed by atoms with van der Waals surface area (Å²) in [6, 6.07) is 1.97. The third-order valence-corrected chi connectivity index (χ3v) is 5.08. The van der Waals surface area contributed by atoms with Crippen molar-refractivity contribution in [2.45, 2.75) is 38.0 Å². The van der Waals surface area contributed by atoms with Gasteiger partial charge in [0.05, 0.1) is 35.1 Å². The summed E-state index contributed by atoms with van der Waals surface area (Å²) in [7, 11) is 0. The van der Waals surface area contributed by atoms with Gasteiger partial charge in [0.1, 0.15) is 0 Å². The minimum atomic E-state index is -0.215. The van der Waals surface area contributed by atoms with E-state index in [4.69, 9.17) is 27.9 Å². The fourth-order valence-electron chi connectivity index (χ4n) is 3.42. The standard InChI is InChI=1S/C15H20Cl2N2O2/c16-10-6-12(17)13(18-7-10)8-19-4-5-21-9-14(19)11-2-1-3-15(11)20/h6-7,11,14-15,20H,1-5,8-9H2/t11-,14+,15+/m0/s1. The molecule has 3 rings (SSSR count). The Labute approximate surface area is 135 Å². The number of rotatable bonds is 3. The lowest BCUT2D eigenvalue weighted by Gasteiger charge is -2.40. The van der Waals surface area contributed by atoms with Gasteiger partial charge in [0.15, 0.2) is 0 Å². The van der Waals surface area contributed by atoms with Gasteiger partial charge in [0.2, 0.25) is 0 Å². The number of aliphatic hydroxyl groups excluding tert-OH is 1. The van der Waals surface area contributed by atoms with E-state index in [9.17, 15) is 5.11 Å². The van der Waals surface area contributed by atoms with Crippen LogP contribution in [0.3, 0.4) is 0 Å². The highest BCUT2D eigenvalue weighted by Crippen LogP contribution is 2.33. The zero-order valence-electron chi connectivity index (χ0n) is 11.8. The highest BCUT2D eigenvalue weighted by Gasteiger charge is 2.37. The van der Waals surface area contributed by atoms with E-state index >= 15 is 0 Å². The molecule has 3 atom stereocenters. The number of morpholine rings is 1. The van der Waals surface area contributed by atoms with Gasteiger partial charge in [-0.25, -0.2) is 0 Å². The molecule has 6 heteroatoms. The molecule has 1 aliphatic heterocycles. The fraction of sp³-hybridized carbons (Fsp3) is 0.667. The molecule has 1 N–H and O–H groups in total. The quantitative estimate of drug-likeness (QED) is 0.925. The topological polar surface area (TPSA) is 45.6 Å². The van der Waals surface area contributed by atoms with Crippen LogP contribution >= 0.6 is 23.2 Å². The summed E-state index contributed by atoms with van der Waals surface area (Å²) in [5, 5.41) is 11.3. The first-order valence-corrected chi connectivity index (χ1v) is 8.20. The molecule has 0 radical (unpaired) electrons. The largest absolute Gasteiger partial charge is 0.393 e. The summed E-state index contributed by atoms with van der Waals surface area (Å²) >= 11 is 12.1. The Morgan fingerprint density at radius 2 is 2.24 bits per heavy atom. The number of nitrogens with zero attached hydrogens (tertiary/aromatic N) is 2. The number of aromatic nitrogens is 1. The number of pyridine rings is 1. The molecule has 1 aromatic rings. The van der Waals surface area contributed by atoms with Crippen LogP contribution in [0.5, 0.6) is 0 Å². The van der Waals surface area contributed by atoms with Gasteiger partial charge in [-0.05, 0) is 18.9 Å². The van der Waals surface area contributed by atoms with E-state index in [1.807, 2.05) is 0 Å². The third kappa shape index (κ3) is 3.51. The zero-order chi connectivity index (χ0) is 14.8. The molecule has 0 amide bonds. The van der Waals surface area contributed by atoms with Crippen molar-refractivity contribution in [2.24, 2.45) is 5.92 Å². The second kappa shape index (κ2) is 6.80. The molecular formula is C15H20Cl2N2O2. The minimum absolute atomic E-state index is 0.215. The average molecular weight is 331 g/mol. The van der Waals surface area contributed by atoms with Gasteiger partial charge < -0.3 is 9.84 Å². The molecule has 1 aromatic heterocycles. The Morgan fingerprint density at radius 1 is 1.38 bits per heavy atom. The van der Waals surface area contributed by atoms with Gasteiger partial charge >= 0.3 is 0 Å². The summed E-state index contributed by atoms with van der Waals surface area (Å²) in [4.78, 5) is 6.68. The molecule has 4 nitrogen and oxygen atoms in total. The molecule has 2 heterocycles. The van der Waals surface area contributed by atoms with Crippen LogP contribution in [-0.2, 0) is 11.3 Å². The molecule has 1 aliphatic carbocycles. The second-order valence-electron chi connectivity index (χ2n) is 5.86. The van der Waals surface area contributed by atoms with Crippen molar-refractivity contribution in [1.29, 1.82) is 0 Å². The molecular weight excluding hydrogens is 311 g/mol. The van der Waals surface area contributed by atoms with Crippen molar-refractivity contribution in [3.8, 4) is 0 Å². The molecule has 2 fully saturated rings. The molecule has 0 bridgehead atoms. The monoisotopic (exact) mass is 330 g/mol. The molecule has 21 heavy (non-hydrogen) atoms. The fourth-order valence-corrected chi connectivity index (χ4v) is 3.86. The highest BCUT2D eigenvalue weighted by molar-refractivity contribution is 6.34. The smallest absolute Gasteiger partial charge is 0.0731 e. The van der Waals surface area contributed by atoms with Gasteiger partial charge in [0.25, 0.3) is 0 Å². The van der Waals surface area contributed by atoms with Crippen molar-refractivity contribution in [1.82, 2.24) is 9.88 Å². The Morgan fingerprint density at radius 3 is 2.95 bits per heavy atom. The van der Waals surface area contributed by atoms with Gasteiger partial charge in [-0.3, -0.25) is 9.88 Å². The predicted molar refractivity (Wildman–Crippen MR) is 82.6 cm³/mol. The summed E-state index contributed by atoms with van der Waals surface area (Å²) in [5.74, 6) is 0.288. The van der Waals surface area contributed by atoms with Crippen molar-refractivity contribution < 1.29 is 9.84 Å². The average Bonchev–Trinajstić information content (AvgIpc) is 2.89. The van der Waals surface area contributed by atoms with Crippen LogP contribution in [0.1, 0.15) is 25.0 Å². The van der Waals surface area contributed by atoms with E-state index in [2.05, 4.69) is 9.88 Å². The van der Waals surface area contributed by atoms with Gasteiger partial charge in [-0.1, -0.05) is 29.6 Å². The summed E-state index contributed by atoms with van der Waals surface area (Å²) < 4.78 is 5.63. The van der Waals surface area contributed by atoms with E-state index in [0.717, 1.165) is 31.5 Å². The predicted octanol–water partition coefficient (Wildman–Crippen LogP) is 2.75. The number of hydrogen-bond acceptors (Lipinski definition) is 4. The summed E-state index contributed by atoms with van der Waals surface area (Å²) in [6.07, 6.45) is 4.47. The molecule has 0 aromatic carbocycles. The number of hydrogen-bond donors (Lipinski definition) is 1.